The first kappa shape index (κ1) is 14.9. The Bertz CT molecular complexity index is 261. The number of aliphatic hydroxyl groups excluding tert-OH is 1. The summed E-state index contributed by atoms with van der Waals surface area (Å²) in [6.07, 6.45) is -2.74. The van der Waals surface area contributed by atoms with Gasteiger partial charge in [0.2, 0.25) is 5.24 Å². The van der Waals surface area contributed by atoms with E-state index in [1.807, 2.05) is 0 Å². The van der Waals surface area contributed by atoms with Gasteiger partial charge in [0.25, 0.3) is 0 Å². The number of hydrogen-bond donors (Lipinski definition) is 1. The minimum atomic E-state index is -1.28. The second-order valence-electron chi connectivity index (χ2n) is 3.08. The highest BCUT2D eigenvalue weighted by atomic mass is 35.5. The van der Waals surface area contributed by atoms with Crippen molar-refractivity contribution in [3.05, 3.63) is 0 Å². The molecule has 0 heterocycles. The van der Waals surface area contributed by atoms with Crippen molar-refractivity contribution in [3.63, 3.8) is 0 Å². The summed E-state index contributed by atoms with van der Waals surface area (Å²) >= 11 is 5.11. The van der Waals surface area contributed by atoms with Gasteiger partial charge in [-0.25, -0.2) is 0 Å². The first-order valence-electron chi connectivity index (χ1n) is 4.50. The van der Waals surface area contributed by atoms with Crippen molar-refractivity contribution in [3.8, 4) is 0 Å². The highest BCUT2D eigenvalue weighted by molar-refractivity contribution is 6.63. The van der Waals surface area contributed by atoms with Crippen LogP contribution in [0.1, 0.15) is 20.3 Å². The molecule has 0 aromatic rings. The maximum Gasteiger partial charge on any atom is 0.303 e. The average Bonchev–Trinajstić information content (AvgIpc) is 2.11. The molecule has 1 N–H and O–H groups in total. The molecule has 2 atom stereocenters. The minimum absolute atomic E-state index is 0.344. The molecule has 0 bridgehead atoms. The van der Waals surface area contributed by atoms with Crippen LogP contribution in [0.25, 0.3) is 0 Å². The van der Waals surface area contributed by atoms with E-state index in [2.05, 4.69) is 9.47 Å². The Morgan fingerprint density at radius 3 is 2.19 bits per heavy atom. The molecule has 0 saturated heterocycles. The Labute approximate surface area is 97.5 Å². The van der Waals surface area contributed by atoms with Gasteiger partial charge in [0.05, 0.1) is 6.42 Å². The van der Waals surface area contributed by atoms with E-state index in [9.17, 15) is 19.5 Å². The third kappa shape index (κ3) is 7.19. The van der Waals surface area contributed by atoms with E-state index in [-0.39, 0.29) is 13.0 Å². The summed E-state index contributed by atoms with van der Waals surface area (Å²) < 4.78 is 9.18. The SMILES string of the molecule is CC(=O)OC[C@@H](O)[C@H](CC(=O)Cl)OC(C)=O. The standard InChI is InChI=1S/C9H13ClO6/c1-5(11)15-4-7(13)8(3-9(10)14)16-6(2)12/h7-8,13H,3-4H2,1-2H3/t7-,8+/m1/s1. The van der Waals surface area contributed by atoms with Crippen molar-refractivity contribution in [1.29, 1.82) is 0 Å². The number of halogens is 1. The molecule has 0 aliphatic rings. The molecule has 7 heteroatoms. The quantitative estimate of drug-likeness (QED) is 0.529. The molecule has 0 aliphatic heterocycles. The van der Waals surface area contributed by atoms with E-state index >= 15 is 0 Å². The third-order valence-electron chi connectivity index (χ3n) is 1.57. The number of carbonyl (C=O) groups excluding carboxylic acids is 3. The molecule has 0 aromatic carbocycles. The zero-order chi connectivity index (χ0) is 12.7. The molecular formula is C9H13ClO6. The minimum Gasteiger partial charge on any atom is -0.463 e. The topological polar surface area (TPSA) is 89.9 Å². The van der Waals surface area contributed by atoms with E-state index < -0.39 is 29.4 Å². The Morgan fingerprint density at radius 1 is 1.25 bits per heavy atom. The summed E-state index contributed by atoms with van der Waals surface area (Å²) in [4.78, 5) is 31.8. The van der Waals surface area contributed by atoms with Gasteiger partial charge in [0.1, 0.15) is 18.8 Å². The second-order valence-corrected chi connectivity index (χ2v) is 3.50. The smallest absolute Gasteiger partial charge is 0.303 e. The molecule has 0 aromatic heterocycles. The summed E-state index contributed by atoms with van der Waals surface area (Å²) in [6, 6.07) is 0. The van der Waals surface area contributed by atoms with Crippen LogP contribution in [0.2, 0.25) is 0 Å². The predicted molar refractivity (Wildman–Crippen MR) is 53.7 cm³/mol. The lowest BCUT2D eigenvalue weighted by Gasteiger charge is -2.20. The third-order valence-corrected chi connectivity index (χ3v) is 1.72. The van der Waals surface area contributed by atoms with Crippen LogP contribution in [0.5, 0.6) is 0 Å². The van der Waals surface area contributed by atoms with Crippen molar-refractivity contribution in [2.45, 2.75) is 32.5 Å². The fourth-order valence-corrected chi connectivity index (χ4v) is 1.09. The van der Waals surface area contributed by atoms with Crippen molar-refractivity contribution in [1.82, 2.24) is 0 Å². The first-order valence-corrected chi connectivity index (χ1v) is 4.87. The van der Waals surface area contributed by atoms with Gasteiger partial charge >= 0.3 is 11.9 Å². The first-order chi connectivity index (χ1) is 7.32. The van der Waals surface area contributed by atoms with Crippen LogP contribution in [-0.4, -0.2) is 41.1 Å². The largest absolute Gasteiger partial charge is 0.463 e. The molecule has 6 nitrogen and oxygen atoms in total. The molecular weight excluding hydrogens is 240 g/mol. The molecule has 0 aliphatic carbocycles. The van der Waals surface area contributed by atoms with Crippen LogP contribution in [0, 0.1) is 0 Å². The van der Waals surface area contributed by atoms with Gasteiger partial charge in [-0.05, 0) is 11.6 Å². The van der Waals surface area contributed by atoms with Gasteiger partial charge in [-0.15, -0.1) is 0 Å². The molecule has 0 amide bonds. The summed E-state index contributed by atoms with van der Waals surface area (Å²) in [5, 5.41) is 8.73. The van der Waals surface area contributed by atoms with Crippen molar-refractivity contribution < 1.29 is 29.0 Å². The Balaban J connectivity index is 4.30. The summed E-state index contributed by atoms with van der Waals surface area (Å²) in [6.45, 7) is 1.93. The van der Waals surface area contributed by atoms with E-state index in [0.29, 0.717) is 0 Å². The van der Waals surface area contributed by atoms with Crippen LogP contribution in [0.15, 0.2) is 0 Å². The van der Waals surface area contributed by atoms with E-state index in [0.717, 1.165) is 6.92 Å². The predicted octanol–water partition coefficient (Wildman–Crippen LogP) is -0.00240. The maximum atomic E-state index is 10.7. The number of ether oxygens (including phenoxy) is 2. The van der Waals surface area contributed by atoms with Gasteiger partial charge in [-0.2, -0.15) is 0 Å². The second kappa shape index (κ2) is 7.19. The maximum absolute atomic E-state index is 10.7. The highest BCUT2D eigenvalue weighted by Gasteiger charge is 2.25. The Morgan fingerprint density at radius 2 is 1.81 bits per heavy atom. The van der Waals surface area contributed by atoms with Crippen LogP contribution in [0.4, 0.5) is 0 Å². The van der Waals surface area contributed by atoms with Crippen LogP contribution in [-0.2, 0) is 23.9 Å². The van der Waals surface area contributed by atoms with Gasteiger partial charge in [-0.1, -0.05) is 0 Å². The molecule has 0 spiro atoms. The number of rotatable bonds is 6. The van der Waals surface area contributed by atoms with Crippen LogP contribution < -0.4 is 0 Å². The normalized spacial score (nSPS) is 13.8. The van der Waals surface area contributed by atoms with Crippen LogP contribution >= 0.6 is 11.6 Å². The Kier molecular flexibility index (Phi) is 6.67. The molecule has 0 unspecified atom stereocenters. The summed E-state index contributed by atoms with van der Waals surface area (Å²) in [5.41, 5.74) is 0. The zero-order valence-corrected chi connectivity index (χ0v) is 9.69. The lowest BCUT2D eigenvalue weighted by molar-refractivity contribution is -0.158. The highest BCUT2D eigenvalue weighted by Crippen LogP contribution is 2.08. The molecule has 0 radical (unpaired) electrons. The molecule has 16 heavy (non-hydrogen) atoms. The number of carbonyl (C=O) groups is 3. The molecule has 92 valence electrons. The summed E-state index contributed by atoms with van der Waals surface area (Å²) in [5.74, 6) is -1.25. The van der Waals surface area contributed by atoms with Gasteiger partial charge in [0, 0.05) is 13.8 Å². The van der Waals surface area contributed by atoms with Gasteiger partial charge in [0.15, 0.2) is 0 Å². The van der Waals surface area contributed by atoms with Crippen molar-refractivity contribution >= 4 is 28.8 Å². The lowest BCUT2D eigenvalue weighted by atomic mass is 10.1. The zero-order valence-electron chi connectivity index (χ0n) is 8.94. The van der Waals surface area contributed by atoms with E-state index in [1.54, 1.807) is 0 Å². The fraction of sp³-hybridized carbons (Fsp3) is 0.667. The number of aliphatic hydroxyl groups is 1. The number of esters is 2. The van der Waals surface area contributed by atoms with Crippen LogP contribution in [0.3, 0.4) is 0 Å². The average molecular weight is 253 g/mol. The number of hydrogen-bond acceptors (Lipinski definition) is 6. The van der Waals surface area contributed by atoms with E-state index in [4.69, 9.17) is 11.6 Å². The lowest BCUT2D eigenvalue weighted by Crippen LogP contribution is -2.36. The van der Waals surface area contributed by atoms with Crippen molar-refractivity contribution in [2.24, 2.45) is 0 Å². The van der Waals surface area contributed by atoms with E-state index in [1.165, 1.54) is 6.92 Å². The van der Waals surface area contributed by atoms with Gasteiger partial charge in [-0.3, -0.25) is 14.4 Å². The van der Waals surface area contributed by atoms with Crippen molar-refractivity contribution in [2.75, 3.05) is 6.61 Å². The van der Waals surface area contributed by atoms with Gasteiger partial charge < -0.3 is 14.6 Å². The summed E-state index contributed by atoms with van der Waals surface area (Å²) in [7, 11) is 0. The molecule has 0 rings (SSSR count). The fourth-order valence-electron chi connectivity index (χ4n) is 0.938. The monoisotopic (exact) mass is 252 g/mol. The molecule has 0 saturated carbocycles. The Hall–Kier alpha value is -1.14. The molecule has 0 fully saturated rings.